The van der Waals surface area contributed by atoms with Crippen molar-refractivity contribution in [3.05, 3.63) is 16.3 Å². The lowest BCUT2D eigenvalue weighted by Gasteiger charge is -2.07. The minimum Gasteiger partial charge on any atom is -0.370 e. The Morgan fingerprint density at radius 3 is 3.00 bits per heavy atom. The van der Waals surface area contributed by atoms with Crippen molar-refractivity contribution in [2.45, 2.75) is 31.9 Å². The monoisotopic (exact) mass is 279 g/mol. The molecule has 18 heavy (non-hydrogen) atoms. The van der Waals surface area contributed by atoms with Crippen molar-refractivity contribution >= 4 is 39.1 Å². The number of nitrogens with one attached hydrogen (secondary N) is 1. The molecule has 0 aromatic carbocycles. The molecule has 2 aromatic rings. The van der Waals surface area contributed by atoms with Gasteiger partial charge in [0.05, 0.1) is 11.1 Å². The molecule has 0 radical (unpaired) electrons. The number of anilines is 1. The van der Waals surface area contributed by atoms with E-state index in [1.807, 2.05) is 11.3 Å². The third-order valence-corrected chi connectivity index (χ3v) is 4.96. The fourth-order valence-corrected chi connectivity index (χ4v) is 4.20. The SMILES string of the molecule is CCNc1nc(CSC)nc2sc3c(c12)CCC3. The second-order valence-corrected chi connectivity index (χ2v) is 6.44. The molecule has 2 aromatic heterocycles. The van der Waals surface area contributed by atoms with Crippen LogP contribution in [-0.4, -0.2) is 22.8 Å². The average molecular weight is 279 g/mol. The molecule has 0 unspecified atom stereocenters. The highest BCUT2D eigenvalue weighted by Gasteiger charge is 2.21. The molecule has 96 valence electrons. The van der Waals surface area contributed by atoms with Crippen LogP contribution in [0.1, 0.15) is 29.6 Å². The summed E-state index contributed by atoms with van der Waals surface area (Å²) in [6, 6.07) is 0. The van der Waals surface area contributed by atoms with E-state index in [0.29, 0.717) is 0 Å². The Hall–Kier alpha value is -0.810. The highest BCUT2D eigenvalue weighted by molar-refractivity contribution is 7.97. The number of hydrogen-bond donors (Lipinski definition) is 1. The first-order valence-corrected chi connectivity index (χ1v) is 8.58. The van der Waals surface area contributed by atoms with Crippen LogP contribution in [0.2, 0.25) is 0 Å². The highest BCUT2D eigenvalue weighted by atomic mass is 32.2. The van der Waals surface area contributed by atoms with E-state index >= 15 is 0 Å². The average Bonchev–Trinajstić information content (AvgIpc) is 2.89. The zero-order chi connectivity index (χ0) is 12.5. The molecule has 1 aliphatic rings. The summed E-state index contributed by atoms with van der Waals surface area (Å²) in [5.74, 6) is 2.88. The van der Waals surface area contributed by atoms with Crippen LogP contribution < -0.4 is 5.32 Å². The lowest BCUT2D eigenvalue weighted by atomic mass is 10.2. The molecule has 5 heteroatoms. The van der Waals surface area contributed by atoms with Crippen molar-refractivity contribution in [2.24, 2.45) is 0 Å². The van der Waals surface area contributed by atoms with E-state index in [9.17, 15) is 0 Å². The van der Waals surface area contributed by atoms with Gasteiger partial charge in [0.2, 0.25) is 0 Å². The van der Waals surface area contributed by atoms with E-state index in [0.717, 1.165) is 23.9 Å². The number of nitrogens with zero attached hydrogens (tertiary/aromatic N) is 2. The van der Waals surface area contributed by atoms with E-state index in [1.165, 1.54) is 39.9 Å². The molecule has 0 amide bonds. The van der Waals surface area contributed by atoms with Gasteiger partial charge in [-0.15, -0.1) is 11.3 Å². The van der Waals surface area contributed by atoms with Gasteiger partial charge < -0.3 is 5.32 Å². The standard InChI is InChI=1S/C13H17N3S2/c1-3-14-12-11-8-5-4-6-9(8)18-13(11)16-10(15-12)7-17-2/h3-7H2,1-2H3,(H,14,15,16). The fourth-order valence-electron chi connectivity index (χ4n) is 2.53. The minimum absolute atomic E-state index is 0.886. The lowest BCUT2D eigenvalue weighted by molar-refractivity contribution is 0.916. The predicted molar refractivity (Wildman–Crippen MR) is 80.8 cm³/mol. The number of rotatable bonds is 4. The summed E-state index contributed by atoms with van der Waals surface area (Å²) in [5.41, 5.74) is 1.50. The largest absolute Gasteiger partial charge is 0.370 e. The summed E-state index contributed by atoms with van der Waals surface area (Å²) in [4.78, 5) is 12.1. The normalized spacial score (nSPS) is 14.1. The zero-order valence-electron chi connectivity index (χ0n) is 10.7. The number of fused-ring (bicyclic) bond motifs is 3. The fraction of sp³-hybridized carbons (Fsp3) is 0.538. The summed E-state index contributed by atoms with van der Waals surface area (Å²) < 4.78 is 0. The van der Waals surface area contributed by atoms with Gasteiger partial charge in [0.25, 0.3) is 0 Å². The van der Waals surface area contributed by atoms with Gasteiger partial charge in [0, 0.05) is 11.4 Å². The maximum atomic E-state index is 4.72. The molecule has 2 heterocycles. The number of hydrogen-bond acceptors (Lipinski definition) is 5. The van der Waals surface area contributed by atoms with Gasteiger partial charge in [-0.2, -0.15) is 11.8 Å². The minimum atomic E-state index is 0.886. The van der Waals surface area contributed by atoms with Crippen LogP contribution in [0.4, 0.5) is 5.82 Å². The van der Waals surface area contributed by atoms with Crippen molar-refractivity contribution in [3.63, 3.8) is 0 Å². The van der Waals surface area contributed by atoms with Gasteiger partial charge in [0.15, 0.2) is 0 Å². The van der Waals surface area contributed by atoms with Gasteiger partial charge in [-0.05, 0) is 38.0 Å². The maximum absolute atomic E-state index is 4.72. The van der Waals surface area contributed by atoms with Gasteiger partial charge >= 0.3 is 0 Å². The van der Waals surface area contributed by atoms with Crippen molar-refractivity contribution in [3.8, 4) is 0 Å². The van der Waals surface area contributed by atoms with Crippen molar-refractivity contribution in [2.75, 3.05) is 18.1 Å². The number of thioether (sulfide) groups is 1. The first kappa shape index (κ1) is 12.2. The van der Waals surface area contributed by atoms with E-state index in [1.54, 1.807) is 11.8 Å². The van der Waals surface area contributed by atoms with Crippen LogP contribution in [-0.2, 0) is 18.6 Å². The first-order chi connectivity index (χ1) is 8.83. The zero-order valence-corrected chi connectivity index (χ0v) is 12.4. The molecule has 0 aliphatic heterocycles. The van der Waals surface area contributed by atoms with Gasteiger partial charge in [-0.3, -0.25) is 0 Å². The van der Waals surface area contributed by atoms with E-state index in [4.69, 9.17) is 9.97 Å². The predicted octanol–water partition coefficient (Wildman–Crippen LogP) is 3.47. The first-order valence-electron chi connectivity index (χ1n) is 6.37. The molecule has 1 N–H and O–H groups in total. The summed E-state index contributed by atoms with van der Waals surface area (Å²) in [7, 11) is 0. The number of aromatic nitrogens is 2. The highest BCUT2D eigenvalue weighted by Crippen LogP contribution is 2.39. The van der Waals surface area contributed by atoms with Crippen molar-refractivity contribution in [1.29, 1.82) is 0 Å². The van der Waals surface area contributed by atoms with Crippen LogP contribution in [0.15, 0.2) is 0 Å². The Morgan fingerprint density at radius 2 is 2.22 bits per heavy atom. The molecule has 3 nitrogen and oxygen atoms in total. The molecular formula is C13H17N3S2. The molecule has 1 aliphatic carbocycles. The molecular weight excluding hydrogens is 262 g/mol. The van der Waals surface area contributed by atoms with Crippen LogP contribution in [0.3, 0.4) is 0 Å². The maximum Gasteiger partial charge on any atom is 0.142 e. The second kappa shape index (κ2) is 5.05. The number of aryl methyl sites for hydroxylation is 2. The van der Waals surface area contributed by atoms with Crippen LogP contribution in [0, 0.1) is 0 Å². The van der Waals surface area contributed by atoms with Gasteiger partial charge in [-0.25, -0.2) is 9.97 Å². The smallest absolute Gasteiger partial charge is 0.142 e. The Morgan fingerprint density at radius 1 is 1.33 bits per heavy atom. The molecule has 0 saturated carbocycles. The van der Waals surface area contributed by atoms with Crippen LogP contribution in [0.25, 0.3) is 10.2 Å². The Bertz CT molecular complexity index is 577. The Labute approximate surface area is 115 Å². The van der Waals surface area contributed by atoms with E-state index < -0.39 is 0 Å². The molecule has 0 spiro atoms. The molecule has 0 fully saturated rings. The number of thiophene rings is 1. The van der Waals surface area contributed by atoms with Crippen LogP contribution >= 0.6 is 23.1 Å². The third-order valence-electron chi connectivity index (χ3n) is 3.23. The quantitative estimate of drug-likeness (QED) is 0.930. The third kappa shape index (κ3) is 1.99. The van der Waals surface area contributed by atoms with Crippen molar-refractivity contribution < 1.29 is 0 Å². The Kier molecular flexibility index (Phi) is 3.43. The molecule has 0 bridgehead atoms. The summed E-state index contributed by atoms with van der Waals surface area (Å²) in [5, 5.41) is 4.70. The topological polar surface area (TPSA) is 37.8 Å². The van der Waals surface area contributed by atoms with E-state index in [-0.39, 0.29) is 0 Å². The summed E-state index contributed by atoms with van der Waals surface area (Å²) >= 11 is 3.64. The molecule has 0 atom stereocenters. The summed E-state index contributed by atoms with van der Waals surface area (Å²) in [6.45, 7) is 3.03. The Balaban J connectivity index is 2.18. The van der Waals surface area contributed by atoms with Gasteiger partial charge in [-0.1, -0.05) is 0 Å². The lowest BCUT2D eigenvalue weighted by Crippen LogP contribution is -2.04. The van der Waals surface area contributed by atoms with Gasteiger partial charge in [0.1, 0.15) is 16.5 Å². The van der Waals surface area contributed by atoms with Crippen LogP contribution in [0.5, 0.6) is 0 Å². The van der Waals surface area contributed by atoms with E-state index in [2.05, 4.69) is 18.5 Å². The molecule has 3 rings (SSSR count). The van der Waals surface area contributed by atoms with Crippen molar-refractivity contribution in [1.82, 2.24) is 9.97 Å². The summed E-state index contributed by atoms with van der Waals surface area (Å²) in [6.07, 6.45) is 5.79. The molecule has 0 saturated heterocycles. The second-order valence-electron chi connectivity index (χ2n) is 4.49.